The van der Waals surface area contributed by atoms with Gasteiger partial charge in [0.15, 0.2) is 5.82 Å². The van der Waals surface area contributed by atoms with Crippen molar-refractivity contribution in [2.75, 3.05) is 28.6 Å². The SMILES string of the molecule is O=C(Nc1ccc(-c2ccc(N3CCCCC3)nn2)cc1)Nc1ccco1. The molecule has 7 heteroatoms. The molecule has 7 nitrogen and oxygen atoms in total. The number of carbonyl (C=O) groups is 1. The van der Waals surface area contributed by atoms with E-state index in [9.17, 15) is 4.79 Å². The van der Waals surface area contributed by atoms with Crippen molar-refractivity contribution < 1.29 is 9.21 Å². The predicted molar refractivity (Wildman–Crippen MR) is 105 cm³/mol. The molecule has 1 aliphatic heterocycles. The number of furan rings is 1. The van der Waals surface area contributed by atoms with E-state index in [2.05, 4.69) is 25.7 Å². The fourth-order valence-corrected chi connectivity index (χ4v) is 3.12. The van der Waals surface area contributed by atoms with Gasteiger partial charge in [-0.25, -0.2) is 4.79 Å². The number of amides is 2. The molecule has 0 aliphatic carbocycles. The lowest BCUT2D eigenvalue weighted by molar-refractivity contribution is 0.261. The van der Waals surface area contributed by atoms with E-state index in [0.29, 0.717) is 11.6 Å². The van der Waals surface area contributed by atoms with Gasteiger partial charge in [-0.1, -0.05) is 12.1 Å². The van der Waals surface area contributed by atoms with E-state index in [-0.39, 0.29) is 6.03 Å². The maximum atomic E-state index is 11.9. The molecule has 1 aromatic carbocycles. The first-order valence-electron chi connectivity index (χ1n) is 9.08. The lowest BCUT2D eigenvalue weighted by Crippen LogP contribution is -2.30. The monoisotopic (exact) mass is 363 g/mol. The van der Waals surface area contributed by atoms with Crippen LogP contribution in [0.15, 0.2) is 59.2 Å². The van der Waals surface area contributed by atoms with E-state index in [1.807, 2.05) is 36.4 Å². The molecule has 3 heterocycles. The van der Waals surface area contributed by atoms with Gasteiger partial charge in [0.05, 0.1) is 12.0 Å². The number of hydrogen-bond acceptors (Lipinski definition) is 5. The summed E-state index contributed by atoms with van der Waals surface area (Å²) >= 11 is 0. The Labute approximate surface area is 157 Å². The highest BCUT2D eigenvalue weighted by Gasteiger charge is 2.12. The molecule has 138 valence electrons. The number of nitrogens with one attached hydrogen (secondary N) is 2. The van der Waals surface area contributed by atoms with Crippen LogP contribution in [0.1, 0.15) is 19.3 Å². The number of hydrogen-bond donors (Lipinski definition) is 2. The summed E-state index contributed by atoms with van der Waals surface area (Å²) < 4.78 is 5.08. The summed E-state index contributed by atoms with van der Waals surface area (Å²) in [5.74, 6) is 1.33. The van der Waals surface area contributed by atoms with E-state index in [1.54, 1.807) is 12.1 Å². The Morgan fingerprint density at radius 3 is 2.41 bits per heavy atom. The molecule has 27 heavy (non-hydrogen) atoms. The molecule has 2 amide bonds. The van der Waals surface area contributed by atoms with Crippen molar-refractivity contribution in [1.29, 1.82) is 0 Å². The number of urea groups is 1. The summed E-state index contributed by atoms with van der Waals surface area (Å²) in [6.07, 6.45) is 5.22. The van der Waals surface area contributed by atoms with Crippen molar-refractivity contribution >= 4 is 23.4 Å². The van der Waals surface area contributed by atoms with Crippen LogP contribution in [-0.2, 0) is 0 Å². The van der Waals surface area contributed by atoms with Crippen LogP contribution in [0.25, 0.3) is 11.3 Å². The van der Waals surface area contributed by atoms with Gasteiger partial charge in [0.2, 0.25) is 5.88 Å². The predicted octanol–water partition coefficient (Wildman–Crippen LogP) is 4.37. The average Bonchev–Trinajstić information content (AvgIpc) is 3.22. The average molecular weight is 363 g/mol. The van der Waals surface area contributed by atoms with E-state index in [4.69, 9.17) is 4.42 Å². The number of aromatic nitrogens is 2. The van der Waals surface area contributed by atoms with Gasteiger partial charge in [0.1, 0.15) is 0 Å². The molecule has 4 rings (SSSR count). The fraction of sp³-hybridized carbons (Fsp3) is 0.250. The molecule has 2 N–H and O–H groups in total. The molecule has 0 spiro atoms. The molecule has 0 bridgehead atoms. The molecule has 1 aliphatic rings. The Hall–Kier alpha value is -3.35. The standard InChI is InChI=1S/C20H21N5O2/c26-20(22-19-5-4-14-27-19)21-16-8-6-15(7-9-16)17-10-11-18(24-23-17)25-12-2-1-3-13-25/h4-11,14H,1-3,12-13H2,(H2,21,22,26). The van der Waals surface area contributed by atoms with Crippen LogP contribution in [0, 0.1) is 0 Å². The van der Waals surface area contributed by atoms with Crippen LogP contribution in [0.4, 0.5) is 22.2 Å². The molecule has 1 saturated heterocycles. The smallest absolute Gasteiger partial charge is 0.326 e. The molecule has 0 saturated carbocycles. The molecule has 2 aromatic heterocycles. The van der Waals surface area contributed by atoms with Gasteiger partial charge in [-0.2, -0.15) is 0 Å². The number of carbonyl (C=O) groups excluding carboxylic acids is 1. The van der Waals surface area contributed by atoms with E-state index < -0.39 is 0 Å². The Bertz CT molecular complexity index is 870. The number of nitrogens with zero attached hydrogens (tertiary/aromatic N) is 3. The molecule has 0 atom stereocenters. The summed E-state index contributed by atoms with van der Waals surface area (Å²) in [6.45, 7) is 2.10. The van der Waals surface area contributed by atoms with Gasteiger partial charge in [-0.15, -0.1) is 10.2 Å². The topological polar surface area (TPSA) is 83.3 Å². The van der Waals surface area contributed by atoms with Crippen molar-refractivity contribution in [3.63, 3.8) is 0 Å². The minimum atomic E-state index is -0.358. The van der Waals surface area contributed by atoms with Crippen LogP contribution in [0.5, 0.6) is 0 Å². The van der Waals surface area contributed by atoms with E-state index >= 15 is 0 Å². The van der Waals surface area contributed by atoms with Crippen LogP contribution < -0.4 is 15.5 Å². The van der Waals surface area contributed by atoms with Crippen molar-refractivity contribution in [3.05, 3.63) is 54.8 Å². The van der Waals surface area contributed by atoms with Crippen LogP contribution in [0.3, 0.4) is 0 Å². The minimum Gasteiger partial charge on any atom is -0.449 e. The van der Waals surface area contributed by atoms with Crippen LogP contribution in [0.2, 0.25) is 0 Å². The molecule has 3 aromatic rings. The van der Waals surface area contributed by atoms with Gasteiger partial charge in [-0.05, 0) is 49.6 Å². The number of anilines is 3. The van der Waals surface area contributed by atoms with Gasteiger partial charge in [0, 0.05) is 30.4 Å². The molecular weight excluding hydrogens is 342 g/mol. The third kappa shape index (κ3) is 4.25. The third-order valence-electron chi connectivity index (χ3n) is 4.53. The second-order valence-corrected chi connectivity index (χ2v) is 6.46. The van der Waals surface area contributed by atoms with Crippen LogP contribution in [-0.4, -0.2) is 29.3 Å². The maximum absolute atomic E-state index is 11.9. The van der Waals surface area contributed by atoms with Gasteiger partial charge >= 0.3 is 6.03 Å². The minimum absolute atomic E-state index is 0.358. The van der Waals surface area contributed by atoms with E-state index in [0.717, 1.165) is 30.2 Å². The summed E-state index contributed by atoms with van der Waals surface area (Å²) in [5.41, 5.74) is 2.44. The van der Waals surface area contributed by atoms with Crippen molar-refractivity contribution in [3.8, 4) is 11.3 Å². The number of benzene rings is 1. The van der Waals surface area contributed by atoms with Crippen LogP contribution >= 0.6 is 0 Å². The van der Waals surface area contributed by atoms with Crippen molar-refractivity contribution in [2.45, 2.75) is 19.3 Å². The van der Waals surface area contributed by atoms with Gasteiger partial charge in [-0.3, -0.25) is 5.32 Å². The largest absolute Gasteiger partial charge is 0.449 e. The second kappa shape index (κ2) is 7.90. The maximum Gasteiger partial charge on any atom is 0.326 e. The number of rotatable bonds is 4. The summed E-state index contributed by atoms with van der Waals surface area (Å²) in [6, 6.07) is 14.5. The zero-order valence-corrected chi connectivity index (χ0v) is 14.9. The lowest BCUT2D eigenvalue weighted by atomic mass is 10.1. The third-order valence-corrected chi connectivity index (χ3v) is 4.53. The first kappa shape index (κ1) is 17.1. The second-order valence-electron chi connectivity index (χ2n) is 6.46. The Morgan fingerprint density at radius 1 is 0.926 bits per heavy atom. The molecule has 0 radical (unpaired) electrons. The summed E-state index contributed by atoms with van der Waals surface area (Å²) in [7, 11) is 0. The fourth-order valence-electron chi connectivity index (χ4n) is 3.12. The zero-order valence-electron chi connectivity index (χ0n) is 14.9. The first-order chi connectivity index (χ1) is 13.3. The molecule has 0 unspecified atom stereocenters. The van der Waals surface area contributed by atoms with Crippen molar-refractivity contribution in [2.24, 2.45) is 0 Å². The highest BCUT2D eigenvalue weighted by molar-refractivity contribution is 5.99. The number of piperidine rings is 1. The first-order valence-corrected chi connectivity index (χ1v) is 9.08. The Balaban J connectivity index is 1.38. The van der Waals surface area contributed by atoms with Gasteiger partial charge < -0.3 is 14.6 Å². The van der Waals surface area contributed by atoms with Gasteiger partial charge in [0.25, 0.3) is 0 Å². The summed E-state index contributed by atoms with van der Waals surface area (Å²) in [4.78, 5) is 14.2. The quantitative estimate of drug-likeness (QED) is 0.719. The highest BCUT2D eigenvalue weighted by atomic mass is 16.3. The highest BCUT2D eigenvalue weighted by Crippen LogP contribution is 2.22. The van der Waals surface area contributed by atoms with Crippen molar-refractivity contribution in [1.82, 2.24) is 10.2 Å². The van der Waals surface area contributed by atoms with E-state index in [1.165, 1.54) is 25.5 Å². The molecule has 1 fully saturated rings. The zero-order chi connectivity index (χ0) is 18.5. The Kier molecular flexibility index (Phi) is 5.00. The summed E-state index contributed by atoms with van der Waals surface area (Å²) in [5, 5.41) is 14.1. The molecular formula is C20H21N5O2. The lowest BCUT2D eigenvalue weighted by Gasteiger charge is -2.27. The normalized spacial score (nSPS) is 14.0. The Morgan fingerprint density at radius 2 is 1.74 bits per heavy atom.